The molecule has 0 aliphatic carbocycles. The molecule has 5 aromatic rings. The maximum Gasteiger partial charge on any atom is 0.0544 e. The number of H-pyrrole nitrogens is 1. The smallest absolute Gasteiger partial charge is 0.0544 e. The van der Waals surface area contributed by atoms with E-state index in [1.165, 1.54) is 43.7 Å². The molecule has 0 spiro atoms. The van der Waals surface area contributed by atoms with Crippen molar-refractivity contribution in [2.24, 2.45) is 0 Å². The van der Waals surface area contributed by atoms with Gasteiger partial charge in [0.15, 0.2) is 0 Å². The molecule has 0 fully saturated rings. The van der Waals surface area contributed by atoms with Gasteiger partial charge < -0.3 is 4.98 Å². The van der Waals surface area contributed by atoms with Crippen molar-refractivity contribution in [1.82, 2.24) is 4.98 Å². The summed E-state index contributed by atoms with van der Waals surface area (Å²) >= 11 is 3.60. The average Bonchev–Trinajstić information content (AvgIpc) is 3.00. The molecule has 2 heteroatoms. The number of hydrogen-bond acceptors (Lipinski definition) is 0. The van der Waals surface area contributed by atoms with Gasteiger partial charge in [-0.3, -0.25) is 0 Å². The first-order valence-electron chi connectivity index (χ1n) is 7.99. The lowest BCUT2D eigenvalue weighted by Gasteiger charge is -2.09. The second-order valence-corrected chi connectivity index (χ2v) is 6.99. The lowest BCUT2D eigenvalue weighted by molar-refractivity contribution is 1.56. The number of aromatic amines is 1. The summed E-state index contributed by atoms with van der Waals surface area (Å²) in [6, 6.07) is 28.0. The van der Waals surface area contributed by atoms with Crippen LogP contribution in [0.5, 0.6) is 0 Å². The number of halogens is 1. The third kappa shape index (κ3) is 2.00. The van der Waals surface area contributed by atoms with E-state index in [4.69, 9.17) is 0 Å². The molecule has 1 N–H and O–H groups in total. The van der Waals surface area contributed by atoms with Crippen molar-refractivity contribution in [2.75, 3.05) is 0 Å². The molecule has 0 saturated heterocycles. The van der Waals surface area contributed by atoms with Crippen LogP contribution in [0.15, 0.2) is 83.3 Å². The second-order valence-electron chi connectivity index (χ2n) is 6.07. The van der Waals surface area contributed by atoms with Gasteiger partial charge in [-0.15, -0.1) is 0 Å². The molecule has 0 aliphatic rings. The van der Waals surface area contributed by atoms with Crippen LogP contribution in [-0.4, -0.2) is 4.98 Å². The Morgan fingerprint density at radius 2 is 1.38 bits per heavy atom. The zero-order valence-electron chi connectivity index (χ0n) is 12.9. The van der Waals surface area contributed by atoms with Crippen molar-refractivity contribution in [1.29, 1.82) is 0 Å². The van der Waals surface area contributed by atoms with Gasteiger partial charge in [-0.05, 0) is 40.8 Å². The van der Waals surface area contributed by atoms with E-state index in [1.54, 1.807) is 0 Å². The monoisotopic (exact) mass is 371 g/mol. The number of aromatic nitrogens is 1. The first kappa shape index (κ1) is 13.8. The van der Waals surface area contributed by atoms with Gasteiger partial charge >= 0.3 is 0 Å². The zero-order chi connectivity index (χ0) is 16.1. The molecule has 0 aliphatic heterocycles. The largest absolute Gasteiger partial charge is 0.354 e. The number of benzene rings is 4. The molecular formula is C22H14BrN. The maximum absolute atomic E-state index is 3.61. The predicted octanol–water partition coefficient (Wildman–Crippen LogP) is 6.90. The molecule has 114 valence electrons. The number of hydrogen-bond donors (Lipinski definition) is 1. The van der Waals surface area contributed by atoms with Gasteiger partial charge in [-0.25, -0.2) is 0 Å². The van der Waals surface area contributed by atoms with Crippen molar-refractivity contribution in [2.45, 2.75) is 0 Å². The van der Waals surface area contributed by atoms with Crippen molar-refractivity contribution in [3.05, 3.63) is 83.3 Å². The molecular weight excluding hydrogens is 358 g/mol. The van der Waals surface area contributed by atoms with Crippen LogP contribution in [0.1, 0.15) is 0 Å². The normalized spacial score (nSPS) is 11.5. The SMILES string of the molecule is Brc1ccc2[nH]c3c4ccccc4c(-c4ccccc4)cc3c2c1. The highest BCUT2D eigenvalue weighted by Crippen LogP contribution is 2.38. The van der Waals surface area contributed by atoms with Crippen LogP contribution >= 0.6 is 15.9 Å². The summed E-state index contributed by atoms with van der Waals surface area (Å²) < 4.78 is 1.10. The number of rotatable bonds is 1. The summed E-state index contributed by atoms with van der Waals surface area (Å²) in [6.07, 6.45) is 0. The highest BCUT2D eigenvalue weighted by Gasteiger charge is 2.12. The fraction of sp³-hybridized carbons (Fsp3) is 0. The first-order valence-corrected chi connectivity index (χ1v) is 8.79. The van der Waals surface area contributed by atoms with Crippen LogP contribution in [0.4, 0.5) is 0 Å². The van der Waals surface area contributed by atoms with Gasteiger partial charge in [0.2, 0.25) is 0 Å². The van der Waals surface area contributed by atoms with Crippen LogP contribution in [0.25, 0.3) is 43.7 Å². The van der Waals surface area contributed by atoms with Crippen molar-refractivity contribution in [3.63, 3.8) is 0 Å². The lowest BCUT2D eigenvalue weighted by Crippen LogP contribution is -1.83. The fourth-order valence-corrected chi connectivity index (χ4v) is 3.92. The topological polar surface area (TPSA) is 15.8 Å². The van der Waals surface area contributed by atoms with Crippen LogP contribution in [0, 0.1) is 0 Å². The summed E-state index contributed by atoms with van der Waals surface area (Å²) in [5.41, 5.74) is 4.90. The first-order chi connectivity index (χ1) is 11.8. The minimum absolute atomic E-state index is 1.10. The van der Waals surface area contributed by atoms with Gasteiger partial charge in [0.05, 0.1) is 5.52 Å². The summed E-state index contributed by atoms with van der Waals surface area (Å²) in [4.78, 5) is 3.61. The Balaban J connectivity index is 2.01. The Morgan fingerprint density at radius 3 is 2.21 bits per heavy atom. The molecule has 4 aromatic carbocycles. The molecule has 0 bridgehead atoms. The third-order valence-corrected chi connectivity index (χ3v) is 5.15. The van der Waals surface area contributed by atoms with Gasteiger partial charge in [-0.1, -0.05) is 70.5 Å². The van der Waals surface area contributed by atoms with Crippen LogP contribution in [0.2, 0.25) is 0 Å². The minimum atomic E-state index is 1.10. The number of nitrogens with one attached hydrogen (secondary N) is 1. The van der Waals surface area contributed by atoms with E-state index < -0.39 is 0 Å². The fourth-order valence-electron chi connectivity index (χ4n) is 3.56. The van der Waals surface area contributed by atoms with Crippen LogP contribution < -0.4 is 0 Å². The average molecular weight is 372 g/mol. The summed E-state index contributed by atoms with van der Waals surface area (Å²) in [7, 11) is 0. The molecule has 0 unspecified atom stereocenters. The summed E-state index contributed by atoms with van der Waals surface area (Å²) in [6.45, 7) is 0. The highest BCUT2D eigenvalue weighted by atomic mass is 79.9. The lowest BCUT2D eigenvalue weighted by atomic mass is 9.95. The second kappa shape index (κ2) is 5.22. The quantitative estimate of drug-likeness (QED) is 0.329. The van der Waals surface area contributed by atoms with E-state index in [9.17, 15) is 0 Å². The summed E-state index contributed by atoms with van der Waals surface area (Å²) in [5.74, 6) is 0. The van der Waals surface area contributed by atoms with Crippen LogP contribution in [0.3, 0.4) is 0 Å². The van der Waals surface area contributed by atoms with Gasteiger partial charge in [-0.2, -0.15) is 0 Å². The third-order valence-electron chi connectivity index (χ3n) is 4.66. The Labute approximate surface area is 148 Å². The van der Waals surface area contributed by atoms with Crippen LogP contribution in [-0.2, 0) is 0 Å². The molecule has 0 amide bonds. The molecule has 24 heavy (non-hydrogen) atoms. The number of fused-ring (bicyclic) bond motifs is 5. The Kier molecular flexibility index (Phi) is 3.00. The Hall–Kier alpha value is -2.58. The summed E-state index contributed by atoms with van der Waals surface area (Å²) in [5, 5.41) is 5.06. The molecule has 0 saturated carbocycles. The maximum atomic E-state index is 3.61. The molecule has 0 radical (unpaired) electrons. The molecule has 1 heterocycles. The van der Waals surface area contributed by atoms with E-state index in [2.05, 4.69) is 99.8 Å². The molecule has 1 nitrogen and oxygen atoms in total. The van der Waals surface area contributed by atoms with E-state index >= 15 is 0 Å². The van der Waals surface area contributed by atoms with Crippen molar-refractivity contribution in [3.8, 4) is 11.1 Å². The van der Waals surface area contributed by atoms with Crippen molar-refractivity contribution >= 4 is 48.5 Å². The zero-order valence-corrected chi connectivity index (χ0v) is 14.5. The van der Waals surface area contributed by atoms with E-state index in [1.807, 2.05) is 0 Å². The standard InChI is InChI=1S/C22H14BrN/c23-15-10-11-21-19(12-15)20-13-18(14-6-2-1-3-7-14)16-8-4-5-9-17(16)22(20)24-21/h1-13,24H. The van der Waals surface area contributed by atoms with Gasteiger partial charge in [0.25, 0.3) is 0 Å². The predicted molar refractivity (Wildman–Crippen MR) is 106 cm³/mol. The highest BCUT2D eigenvalue weighted by molar-refractivity contribution is 9.10. The Morgan fingerprint density at radius 1 is 0.625 bits per heavy atom. The molecule has 1 aromatic heterocycles. The van der Waals surface area contributed by atoms with Crippen molar-refractivity contribution < 1.29 is 0 Å². The Bertz CT molecular complexity index is 1200. The molecule has 5 rings (SSSR count). The van der Waals surface area contributed by atoms with E-state index in [0.29, 0.717) is 0 Å². The minimum Gasteiger partial charge on any atom is -0.354 e. The van der Waals surface area contributed by atoms with Gasteiger partial charge in [0.1, 0.15) is 0 Å². The van der Waals surface area contributed by atoms with E-state index in [0.717, 1.165) is 4.47 Å². The van der Waals surface area contributed by atoms with Gasteiger partial charge in [0, 0.05) is 26.1 Å². The van der Waals surface area contributed by atoms with E-state index in [-0.39, 0.29) is 0 Å². The molecule has 0 atom stereocenters.